The van der Waals surface area contributed by atoms with E-state index in [9.17, 15) is 14.7 Å². The fraction of sp³-hybridized carbons (Fsp3) is 0.556. The second-order valence-corrected chi connectivity index (χ2v) is 6.66. The minimum absolute atomic E-state index is 0.0476. The Hall–Kier alpha value is -1.96. The summed E-state index contributed by atoms with van der Waals surface area (Å²) < 4.78 is 0. The zero-order valence-corrected chi connectivity index (χ0v) is 15.7. The van der Waals surface area contributed by atoms with Crippen LogP contribution in [0, 0.1) is 5.92 Å². The predicted octanol–water partition coefficient (Wildman–Crippen LogP) is 0.539. The highest BCUT2D eigenvalue weighted by molar-refractivity contribution is 5.95. The highest BCUT2D eigenvalue weighted by atomic mass is 16.3. The van der Waals surface area contributed by atoms with Crippen molar-refractivity contribution >= 4 is 17.5 Å². The van der Waals surface area contributed by atoms with Crippen LogP contribution in [0.5, 0.6) is 0 Å². The maximum absolute atomic E-state index is 12.1. The first-order chi connectivity index (χ1) is 11.8. The predicted molar refractivity (Wildman–Crippen MR) is 99.1 cm³/mol. The van der Waals surface area contributed by atoms with Crippen LogP contribution in [0.15, 0.2) is 18.2 Å². The molecule has 0 bridgehead atoms. The molecule has 0 aliphatic rings. The Morgan fingerprint density at radius 1 is 1.20 bits per heavy atom. The van der Waals surface area contributed by atoms with Crippen molar-refractivity contribution in [1.29, 1.82) is 0 Å². The topological polar surface area (TPSA) is 93.7 Å². The first-order valence-corrected chi connectivity index (χ1v) is 8.40. The highest BCUT2D eigenvalue weighted by Crippen LogP contribution is 2.17. The molecule has 0 saturated carbocycles. The minimum Gasteiger partial charge on any atom is -0.392 e. The number of aliphatic hydroxyl groups is 1. The fourth-order valence-electron chi connectivity index (χ4n) is 2.60. The number of anilines is 1. The van der Waals surface area contributed by atoms with Crippen molar-refractivity contribution in [2.24, 2.45) is 5.92 Å². The lowest BCUT2D eigenvalue weighted by Crippen LogP contribution is -2.47. The number of carbonyl (C=O) groups excluding carboxylic acids is 2. The molecule has 0 heterocycles. The Morgan fingerprint density at radius 3 is 2.40 bits per heavy atom. The molecular weight excluding hydrogens is 320 g/mol. The molecule has 0 fully saturated rings. The standard InChI is InChI=1S/C18H30N4O3/c1-12(2)17(19-3)18(25)20-9-16(24)21-15-7-6-13(11-23)14(8-15)10-22(4)5/h6-8,12,17,19,23H,9-11H2,1-5H3,(H,20,25)(H,21,24). The van der Waals surface area contributed by atoms with E-state index in [0.29, 0.717) is 12.2 Å². The number of aliphatic hydroxyl groups excluding tert-OH is 1. The van der Waals surface area contributed by atoms with E-state index in [4.69, 9.17) is 0 Å². The minimum atomic E-state index is -0.330. The maximum atomic E-state index is 12.1. The molecule has 4 N–H and O–H groups in total. The van der Waals surface area contributed by atoms with E-state index in [-0.39, 0.29) is 36.9 Å². The summed E-state index contributed by atoms with van der Waals surface area (Å²) in [6.07, 6.45) is 0. The van der Waals surface area contributed by atoms with E-state index in [2.05, 4.69) is 16.0 Å². The maximum Gasteiger partial charge on any atom is 0.243 e. The quantitative estimate of drug-likeness (QED) is 0.522. The SMILES string of the molecule is CNC(C(=O)NCC(=O)Nc1ccc(CO)c(CN(C)C)c1)C(C)C. The molecule has 1 aromatic carbocycles. The highest BCUT2D eigenvalue weighted by Gasteiger charge is 2.20. The van der Waals surface area contributed by atoms with E-state index >= 15 is 0 Å². The molecule has 0 spiro atoms. The van der Waals surface area contributed by atoms with Gasteiger partial charge in [-0.3, -0.25) is 9.59 Å². The third-order valence-electron chi connectivity index (χ3n) is 3.83. The zero-order valence-electron chi connectivity index (χ0n) is 15.7. The number of likely N-dealkylation sites (N-methyl/N-ethyl adjacent to an activating group) is 1. The van der Waals surface area contributed by atoms with Gasteiger partial charge in [0.25, 0.3) is 0 Å². The lowest BCUT2D eigenvalue weighted by Gasteiger charge is -2.19. The van der Waals surface area contributed by atoms with Crippen LogP contribution >= 0.6 is 0 Å². The number of benzene rings is 1. The van der Waals surface area contributed by atoms with E-state index < -0.39 is 0 Å². The van der Waals surface area contributed by atoms with Gasteiger partial charge in [-0.05, 0) is 50.3 Å². The molecule has 1 atom stereocenters. The molecule has 0 aromatic heterocycles. The van der Waals surface area contributed by atoms with Crippen LogP contribution in [-0.4, -0.2) is 55.6 Å². The molecule has 0 aliphatic carbocycles. The summed E-state index contributed by atoms with van der Waals surface area (Å²) in [5.74, 6) is -0.358. The molecule has 1 unspecified atom stereocenters. The second-order valence-electron chi connectivity index (χ2n) is 6.66. The number of rotatable bonds is 9. The van der Waals surface area contributed by atoms with Crippen LogP contribution < -0.4 is 16.0 Å². The average Bonchev–Trinajstić information content (AvgIpc) is 2.53. The van der Waals surface area contributed by atoms with Gasteiger partial charge in [-0.2, -0.15) is 0 Å². The second kappa shape index (κ2) is 10.1. The monoisotopic (exact) mass is 350 g/mol. The molecule has 25 heavy (non-hydrogen) atoms. The first kappa shape index (κ1) is 21.1. The summed E-state index contributed by atoms with van der Waals surface area (Å²) in [6.45, 7) is 4.41. The van der Waals surface area contributed by atoms with Crippen LogP contribution in [0.25, 0.3) is 0 Å². The molecule has 7 nitrogen and oxygen atoms in total. The molecule has 7 heteroatoms. The van der Waals surface area contributed by atoms with E-state index in [1.807, 2.05) is 38.9 Å². The van der Waals surface area contributed by atoms with E-state index in [1.54, 1.807) is 19.2 Å². The van der Waals surface area contributed by atoms with Gasteiger partial charge in [-0.1, -0.05) is 19.9 Å². The summed E-state index contributed by atoms with van der Waals surface area (Å²) in [7, 11) is 5.60. The van der Waals surface area contributed by atoms with Gasteiger partial charge in [0.1, 0.15) is 0 Å². The number of amides is 2. The van der Waals surface area contributed by atoms with Gasteiger partial charge >= 0.3 is 0 Å². The normalized spacial score (nSPS) is 12.3. The average molecular weight is 350 g/mol. The van der Waals surface area contributed by atoms with Crippen LogP contribution in [-0.2, 0) is 22.7 Å². The summed E-state index contributed by atoms with van der Waals surface area (Å²) >= 11 is 0. The lowest BCUT2D eigenvalue weighted by molar-refractivity contribution is -0.126. The number of hydrogen-bond acceptors (Lipinski definition) is 5. The van der Waals surface area contributed by atoms with Crippen molar-refractivity contribution in [3.05, 3.63) is 29.3 Å². The Labute approximate surface area is 149 Å². The third-order valence-corrected chi connectivity index (χ3v) is 3.83. The molecular formula is C18H30N4O3. The fourth-order valence-corrected chi connectivity index (χ4v) is 2.60. The molecule has 0 saturated heterocycles. The van der Waals surface area contributed by atoms with Gasteiger partial charge < -0.3 is 26.0 Å². The molecule has 140 valence electrons. The first-order valence-electron chi connectivity index (χ1n) is 8.40. The van der Waals surface area contributed by atoms with Crippen LogP contribution in [0.3, 0.4) is 0 Å². The Balaban J connectivity index is 2.66. The lowest BCUT2D eigenvalue weighted by atomic mass is 10.0. The van der Waals surface area contributed by atoms with Gasteiger partial charge in [0.2, 0.25) is 11.8 Å². The van der Waals surface area contributed by atoms with Crippen molar-refractivity contribution in [3.8, 4) is 0 Å². The third kappa shape index (κ3) is 6.81. The Morgan fingerprint density at radius 2 is 1.88 bits per heavy atom. The van der Waals surface area contributed by atoms with E-state index in [1.165, 1.54) is 0 Å². The molecule has 1 aromatic rings. The smallest absolute Gasteiger partial charge is 0.243 e. The van der Waals surface area contributed by atoms with Gasteiger partial charge in [0, 0.05) is 12.2 Å². The van der Waals surface area contributed by atoms with Crippen molar-refractivity contribution in [2.75, 3.05) is 33.0 Å². The molecule has 0 aliphatic heterocycles. The number of nitrogens with one attached hydrogen (secondary N) is 3. The van der Waals surface area contributed by atoms with Crippen molar-refractivity contribution < 1.29 is 14.7 Å². The van der Waals surface area contributed by atoms with Crippen LogP contribution in [0.1, 0.15) is 25.0 Å². The largest absolute Gasteiger partial charge is 0.392 e. The van der Waals surface area contributed by atoms with E-state index in [0.717, 1.165) is 11.1 Å². The van der Waals surface area contributed by atoms with Gasteiger partial charge in [0.15, 0.2) is 0 Å². The Kier molecular flexibility index (Phi) is 8.54. The van der Waals surface area contributed by atoms with Crippen molar-refractivity contribution in [3.63, 3.8) is 0 Å². The molecule has 1 rings (SSSR count). The summed E-state index contributed by atoms with van der Waals surface area (Å²) in [5.41, 5.74) is 2.42. The summed E-state index contributed by atoms with van der Waals surface area (Å²) in [5, 5.41) is 17.8. The van der Waals surface area contributed by atoms with Crippen LogP contribution in [0.4, 0.5) is 5.69 Å². The van der Waals surface area contributed by atoms with Gasteiger partial charge in [0.05, 0.1) is 19.2 Å². The summed E-state index contributed by atoms with van der Waals surface area (Å²) in [4.78, 5) is 26.1. The molecule has 2 amide bonds. The van der Waals surface area contributed by atoms with Gasteiger partial charge in [-0.15, -0.1) is 0 Å². The van der Waals surface area contributed by atoms with Crippen molar-refractivity contribution in [2.45, 2.75) is 33.0 Å². The number of carbonyl (C=O) groups is 2. The zero-order chi connectivity index (χ0) is 19.0. The van der Waals surface area contributed by atoms with Crippen LogP contribution in [0.2, 0.25) is 0 Å². The molecule has 0 radical (unpaired) electrons. The number of hydrogen-bond donors (Lipinski definition) is 4. The summed E-state index contributed by atoms with van der Waals surface area (Å²) in [6, 6.07) is 5.05. The Bertz CT molecular complexity index is 588. The number of nitrogens with zero attached hydrogens (tertiary/aromatic N) is 1. The van der Waals surface area contributed by atoms with Crippen molar-refractivity contribution in [1.82, 2.24) is 15.5 Å². The van der Waals surface area contributed by atoms with Gasteiger partial charge in [-0.25, -0.2) is 0 Å².